The largest absolute Gasteiger partial charge is 0.385 e. The lowest BCUT2D eigenvalue weighted by Crippen LogP contribution is -2.07. The van der Waals surface area contributed by atoms with Gasteiger partial charge in [-0.2, -0.15) is 0 Å². The van der Waals surface area contributed by atoms with E-state index < -0.39 is 0 Å². The van der Waals surface area contributed by atoms with Gasteiger partial charge in [0.15, 0.2) is 0 Å². The van der Waals surface area contributed by atoms with E-state index in [1.165, 1.54) is 5.56 Å². The maximum absolute atomic E-state index is 6.20. The van der Waals surface area contributed by atoms with E-state index in [0.29, 0.717) is 5.92 Å². The van der Waals surface area contributed by atoms with Crippen molar-refractivity contribution in [3.8, 4) is 0 Å². The molecule has 0 aliphatic rings. The Morgan fingerprint density at radius 2 is 2.00 bits per heavy atom. The molecule has 0 amide bonds. The summed E-state index contributed by atoms with van der Waals surface area (Å²) in [6, 6.07) is 8.00. The van der Waals surface area contributed by atoms with Gasteiger partial charge in [-0.3, -0.25) is 0 Å². The van der Waals surface area contributed by atoms with Crippen LogP contribution in [0.3, 0.4) is 0 Å². The second-order valence-corrected chi connectivity index (χ2v) is 5.17. The van der Waals surface area contributed by atoms with E-state index in [9.17, 15) is 0 Å². The monoisotopic (exact) mass is 334 g/mol. The van der Waals surface area contributed by atoms with Crippen LogP contribution in [0.1, 0.15) is 24.3 Å². The number of methoxy groups -OCH3 is 1. The van der Waals surface area contributed by atoms with Gasteiger partial charge < -0.3 is 9.47 Å². The molecule has 0 aliphatic heterocycles. The molecular formula is C14H20BrClO2. The fraction of sp³-hybridized carbons (Fsp3) is 0.571. The summed E-state index contributed by atoms with van der Waals surface area (Å²) in [5.74, 6) is 0.404. The van der Waals surface area contributed by atoms with Crippen LogP contribution in [-0.4, -0.2) is 32.3 Å². The Bertz CT molecular complexity index is 333. The molecule has 0 saturated heterocycles. The maximum atomic E-state index is 6.20. The van der Waals surface area contributed by atoms with Gasteiger partial charge in [0, 0.05) is 37.3 Å². The predicted octanol–water partition coefficient (Wildman–Crippen LogP) is 4.26. The van der Waals surface area contributed by atoms with Gasteiger partial charge in [0.25, 0.3) is 0 Å². The third kappa shape index (κ3) is 5.70. The number of hydrogen-bond donors (Lipinski definition) is 0. The molecule has 0 aromatic heterocycles. The van der Waals surface area contributed by atoms with Crippen molar-refractivity contribution in [1.82, 2.24) is 0 Å². The van der Waals surface area contributed by atoms with Gasteiger partial charge in [-0.25, -0.2) is 0 Å². The molecule has 0 fully saturated rings. The molecule has 4 heteroatoms. The highest BCUT2D eigenvalue weighted by atomic mass is 79.9. The average molecular weight is 336 g/mol. The Labute approximate surface area is 123 Å². The molecule has 0 N–H and O–H groups in total. The van der Waals surface area contributed by atoms with Gasteiger partial charge >= 0.3 is 0 Å². The van der Waals surface area contributed by atoms with Crippen molar-refractivity contribution in [3.63, 3.8) is 0 Å². The van der Waals surface area contributed by atoms with E-state index in [-0.39, 0.29) is 0 Å². The van der Waals surface area contributed by atoms with Crippen molar-refractivity contribution < 1.29 is 9.47 Å². The van der Waals surface area contributed by atoms with Gasteiger partial charge in [0.2, 0.25) is 0 Å². The molecule has 1 aromatic rings. The van der Waals surface area contributed by atoms with Crippen LogP contribution in [-0.2, 0) is 9.47 Å². The molecule has 0 heterocycles. The lowest BCUT2D eigenvalue weighted by atomic mass is 9.98. The van der Waals surface area contributed by atoms with Crippen LogP contribution in [0, 0.1) is 0 Å². The molecule has 0 aliphatic carbocycles. The average Bonchev–Trinajstić information content (AvgIpc) is 2.39. The Hall–Kier alpha value is -0.0900. The van der Waals surface area contributed by atoms with Crippen LogP contribution in [0.25, 0.3) is 0 Å². The Kier molecular flexibility index (Phi) is 8.68. The first-order valence-electron chi connectivity index (χ1n) is 6.16. The summed E-state index contributed by atoms with van der Waals surface area (Å²) in [5.41, 5.74) is 1.19. The summed E-state index contributed by atoms with van der Waals surface area (Å²) in [4.78, 5) is 0. The van der Waals surface area contributed by atoms with Gasteiger partial charge in [-0.1, -0.05) is 45.7 Å². The summed E-state index contributed by atoms with van der Waals surface area (Å²) in [5, 5.41) is 1.74. The zero-order chi connectivity index (χ0) is 13.2. The van der Waals surface area contributed by atoms with Crippen LogP contribution in [0.15, 0.2) is 24.3 Å². The lowest BCUT2D eigenvalue weighted by molar-refractivity contribution is 0.0991. The van der Waals surface area contributed by atoms with Gasteiger partial charge in [-0.05, 0) is 30.4 Å². The van der Waals surface area contributed by atoms with E-state index >= 15 is 0 Å². The van der Waals surface area contributed by atoms with Crippen LogP contribution >= 0.6 is 27.5 Å². The van der Waals surface area contributed by atoms with Crippen molar-refractivity contribution in [1.29, 1.82) is 0 Å². The fourth-order valence-electron chi connectivity index (χ4n) is 1.75. The summed E-state index contributed by atoms with van der Waals surface area (Å²) in [6.45, 7) is 2.27. The maximum Gasteiger partial charge on any atom is 0.0487 e. The molecule has 0 radical (unpaired) electrons. The number of alkyl halides is 1. The van der Waals surface area contributed by atoms with E-state index in [0.717, 1.165) is 43.0 Å². The van der Waals surface area contributed by atoms with Crippen molar-refractivity contribution in [3.05, 3.63) is 34.9 Å². The van der Waals surface area contributed by atoms with Crippen molar-refractivity contribution in [2.75, 3.05) is 32.3 Å². The van der Waals surface area contributed by atoms with Gasteiger partial charge in [-0.15, -0.1) is 0 Å². The second kappa shape index (κ2) is 9.79. The van der Waals surface area contributed by atoms with Crippen LogP contribution in [0.5, 0.6) is 0 Å². The first-order valence-corrected chi connectivity index (χ1v) is 7.66. The van der Waals surface area contributed by atoms with E-state index in [4.69, 9.17) is 21.1 Å². The summed E-state index contributed by atoms with van der Waals surface area (Å²) < 4.78 is 10.6. The van der Waals surface area contributed by atoms with Crippen molar-refractivity contribution in [2.24, 2.45) is 0 Å². The molecule has 2 nitrogen and oxygen atoms in total. The summed E-state index contributed by atoms with van der Waals surface area (Å²) >= 11 is 9.75. The van der Waals surface area contributed by atoms with Crippen LogP contribution in [0.2, 0.25) is 5.02 Å². The normalized spacial score (nSPS) is 12.6. The van der Waals surface area contributed by atoms with Crippen molar-refractivity contribution >= 4 is 27.5 Å². The Balaban J connectivity index is 2.32. The quantitative estimate of drug-likeness (QED) is 0.496. The molecule has 0 saturated carbocycles. The van der Waals surface area contributed by atoms with Gasteiger partial charge in [0.1, 0.15) is 0 Å². The van der Waals surface area contributed by atoms with Crippen LogP contribution < -0.4 is 0 Å². The smallest absolute Gasteiger partial charge is 0.0487 e. The topological polar surface area (TPSA) is 18.5 Å². The number of benzene rings is 1. The Morgan fingerprint density at radius 1 is 1.22 bits per heavy atom. The third-order valence-electron chi connectivity index (χ3n) is 2.78. The zero-order valence-electron chi connectivity index (χ0n) is 10.7. The number of halogens is 2. The third-order valence-corrected chi connectivity index (χ3v) is 3.90. The predicted molar refractivity (Wildman–Crippen MR) is 79.9 cm³/mol. The molecular weight excluding hydrogens is 316 g/mol. The SMILES string of the molecule is COCCCOCCC(CBr)c1ccccc1Cl. The van der Waals surface area contributed by atoms with E-state index in [1.54, 1.807) is 7.11 Å². The molecule has 1 atom stereocenters. The standard InChI is InChI=1S/C14H20BrClO2/c1-17-8-4-9-18-10-7-12(11-15)13-5-2-3-6-14(13)16/h2-3,5-6,12H,4,7-11H2,1H3. The minimum Gasteiger partial charge on any atom is -0.385 e. The second-order valence-electron chi connectivity index (χ2n) is 4.12. The molecule has 102 valence electrons. The number of ether oxygens (including phenoxy) is 2. The highest BCUT2D eigenvalue weighted by Gasteiger charge is 2.12. The van der Waals surface area contributed by atoms with Crippen molar-refractivity contribution in [2.45, 2.75) is 18.8 Å². The first-order chi connectivity index (χ1) is 8.79. The summed E-state index contributed by atoms with van der Waals surface area (Å²) in [7, 11) is 1.71. The summed E-state index contributed by atoms with van der Waals surface area (Å²) in [6.07, 6.45) is 1.92. The fourth-order valence-corrected chi connectivity index (χ4v) is 2.72. The van der Waals surface area contributed by atoms with Gasteiger partial charge in [0.05, 0.1) is 0 Å². The number of rotatable bonds is 9. The molecule has 18 heavy (non-hydrogen) atoms. The highest BCUT2D eigenvalue weighted by Crippen LogP contribution is 2.28. The number of hydrogen-bond acceptors (Lipinski definition) is 2. The molecule has 0 bridgehead atoms. The van der Waals surface area contributed by atoms with E-state index in [1.807, 2.05) is 18.2 Å². The minimum absolute atomic E-state index is 0.404. The highest BCUT2D eigenvalue weighted by molar-refractivity contribution is 9.09. The molecule has 1 rings (SSSR count). The molecule has 1 unspecified atom stereocenters. The molecule has 1 aromatic carbocycles. The Morgan fingerprint density at radius 3 is 2.67 bits per heavy atom. The lowest BCUT2D eigenvalue weighted by Gasteiger charge is -2.16. The van der Waals surface area contributed by atoms with E-state index in [2.05, 4.69) is 22.0 Å². The van der Waals surface area contributed by atoms with Crippen LogP contribution in [0.4, 0.5) is 0 Å². The molecule has 0 spiro atoms. The minimum atomic E-state index is 0.404. The zero-order valence-corrected chi connectivity index (χ0v) is 13.0. The first kappa shape index (κ1) is 16.0.